The van der Waals surface area contributed by atoms with Gasteiger partial charge in [-0.1, -0.05) is 0 Å². The SMILES string of the molecule is CC(=O)N[C@@H]1[C@@H](O[C@@H]2O[C@H](CO)[C@H](O)[C@H](O)[C@H]2O)[C@@H](O)[C@@H](CO)O[C@@H]1C. The zero-order valence-electron chi connectivity index (χ0n) is 14.5. The molecule has 26 heavy (non-hydrogen) atoms. The van der Waals surface area contributed by atoms with Crippen molar-refractivity contribution in [3.63, 3.8) is 0 Å². The van der Waals surface area contributed by atoms with Gasteiger partial charge < -0.3 is 50.2 Å². The normalized spacial score (nSPS) is 46.8. The standard InChI is InChI=1S/C15H27NO10/c1-5-9(16-6(2)19)14(11(21)8(4-18)24-5)26-15-13(23)12(22)10(20)7(3-17)25-15/h5,7-15,17-18,20-23H,3-4H2,1-2H3,(H,16,19)/t5-,7-,8-,9+,10+,11+,12+,13-,14-,15+/m1/s1. The molecule has 11 nitrogen and oxygen atoms in total. The first-order valence-corrected chi connectivity index (χ1v) is 8.38. The number of aliphatic hydroxyl groups is 6. The number of aliphatic hydroxyl groups excluding tert-OH is 6. The van der Waals surface area contributed by atoms with Gasteiger partial charge in [-0.25, -0.2) is 0 Å². The number of carbonyl (C=O) groups excluding carboxylic acids is 1. The van der Waals surface area contributed by atoms with Gasteiger partial charge >= 0.3 is 0 Å². The van der Waals surface area contributed by atoms with Crippen molar-refractivity contribution in [2.24, 2.45) is 0 Å². The summed E-state index contributed by atoms with van der Waals surface area (Å²) in [6.45, 7) is 1.74. The molecule has 0 spiro atoms. The molecule has 7 N–H and O–H groups in total. The highest BCUT2D eigenvalue weighted by atomic mass is 16.7. The van der Waals surface area contributed by atoms with E-state index in [4.69, 9.17) is 14.2 Å². The zero-order chi connectivity index (χ0) is 19.6. The number of rotatable bonds is 5. The molecule has 2 saturated heterocycles. The molecular formula is C15H27NO10. The van der Waals surface area contributed by atoms with E-state index >= 15 is 0 Å². The molecule has 2 rings (SSSR count). The quantitative estimate of drug-likeness (QED) is 0.247. The predicted molar refractivity (Wildman–Crippen MR) is 83.7 cm³/mol. The van der Waals surface area contributed by atoms with Crippen molar-refractivity contribution in [2.75, 3.05) is 13.2 Å². The van der Waals surface area contributed by atoms with E-state index in [2.05, 4.69) is 5.32 Å². The van der Waals surface area contributed by atoms with Crippen LogP contribution in [0.2, 0.25) is 0 Å². The van der Waals surface area contributed by atoms with Gasteiger partial charge in [0.15, 0.2) is 6.29 Å². The third-order valence-corrected chi connectivity index (χ3v) is 4.66. The highest BCUT2D eigenvalue weighted by molar-refractivity contribution is 5.73. The van der Waals surface area contributed by atoms with Crippen molar-refractivity contribution in [1.29, 1.82) is 0 Å². The molecule has 0 aromatic carbocycles. The minimum absolute atomic E-state index is 0.414. The van der Waals surface area contributed by atoms with Crippen molar-refractivity contribution in [2.45, 2.75) is 75.0 Å². The first kappa shape index (κ1) is 21.4. The Morgan fingerprint density at radius 2 is 1.54 bits per heavy atom. The lowest BCUT2D eigenvalue weighted by Gasteiger charge is -2.47. The van der Waals surface area contributed by atoms with Crippen LogP contribution in [0.1, 0.15) is 13.8 Å². The first-order chi connectivity index (χ1) is 12.2. The molecule has 10 atom stereocenters. The number of carbonyl (C=O) groups is 1. The number of hydrogen-bond acceptors (Lipinski definition) is 10. The maximum atomic E-state index is 11.5. The summed E-state index contributed by atoms with van der Waals surface area (Å²) >= 11 is 0. The van der Waals surface area contributed by atoms with Crippen LogP contribution in [0.25, 0.3) is 0 Å². The summed E-state index contributed by atoms with van der Waals surface area (Å²) in [5.74, 6) is -0.414. The van der Waals surface area contributed by atoms with Gasteiger partial charge in [0.2, 0.25) is 5.91 Å². The van der Waals surface area contributed by atoms with Crippen LogP contribution in [-0.4, -0.2) is 111 Å². The Hall–Kier alpha value is -0.890. The molecular weight excluding hydrogens is 354 g/mol. The summed E-state index contributed by atoms with van der Waals surface area (Å²) in [4.78, 5) is 11.5. The van der Waals surface area contributed by atoms with Crippen LogP contribution in [-0.2, 0) is 19.0 Å². The molecule has 0 unspecified atom stereocenters. The fraction of sp³-hybridized carbons (Fsp3) is 0.933. The monoisotopic (exact) mass is 381 g/mol. The minimum Gasteiger partial charge on any atom is -0.394 e. The molecule has 2 fully saturated rings. The van der Waals surface area contributed by atoms with Gasteiger partial charge in [0.05, 0.1) is 25.4 Å². The Morgan fingerprint density at radius 1 is 0.962 bits per heavy atom. The Labute approximate surface area is 150 Å². The van der Waals surface area contributed by atoms with E-state index in [0.717, 1.165) is 0 Å². The third-order valence-electron chi connectivity index (χ3n) is 4.66. The molecule has 2 aliphatic heterocycles. The van der Waals surface area contributed by atoms with Crippen molar-refractivity contribution < 1.29 is 49.6 Å². The molecule has 2 aliphatic rings. The summed E-state index contributed by atoms with van der Waals surface area (Å²) in [6.07, 6.45) is -11.7. The van der Waals surface area contributed by atoms with Gasteiger partial charge in [-0.05, 0) is 6.92 Å². The predicted octanol–water partition coefficient (Wildman–Crippen LogP) is -4.18. The fourth-order valence-electron chi connectivity index (χ4n) is 3.22. The van der Waals surface area contributed by atoms with E-state index in [0.29, 0.717) is 0 Å². The second-order valence-electron chi connectivity index (χ2n) is 6.58. The minimum atomic E-state index is -1.66. The highest BCUT2D eigenvalue weighted by Crippen LogP contribution is 2.29. The largest absolute Gasteiger partial charge is 0.394 e. The second kappa shape index (κ2) is 8.87. The Bertz CT molecular complexity index is 477. The topological polar surface area (TPSA) is 178 Å². The van der Waals surface area contributed by atoms with E-state index < -0.39 is 80.3 Å². The third kappa shape index (κ3) is 4.32. The summed E-state index contributed by atoms with van der Waals surface area (Å²) in [6, 6.07) is -0.835. The maximum absolute atomic E-state index is 11.5. The molecule has 0 aliphatic carbocycles. The fourth-order valence-corrected chi connectivity index (χ4v) is 3.22. The second-order valence-corrected chi connectivity index (χ2v) is 6.58. The van der Waals surface area contributed by atoms with Gasteiger partial charge in [-0.15, -0.1) is 0 Å². The average molecular weight is 381 g/mol. The molecule has 0 bridgehead atoms. The molecule has 1 amide bonds. The lowest BCUT2D eigenvalue weighted by atomic mass is 9.92. The van der Waals surface area contributed by atoms with Crippen molar-refractivity contribution in [1.82, 2.24) is 5.32 Å². The number of hydrogen-bond donors (Lipinski definition) is 7. The van der Waals surface area contributed by atoms with Crippen LogP contribution in [0.5, 0.6) is 0 Å². The van der Waals surface area contributed by atoms with Gasteiger partial charge in [0.25, 0.3) is 0 Å². The Balaban J connectivity index is 2.21. The molecule has 11 heteroatoms. The molecule has 0 saturated carbocycles. The number of nitrogens with one attached hydrogen (secondary N) is 1. The molecule has 0 aromatic rings. The van der Waals surface area contributed by atoms with E-state index in [-0.39, 0.29) is 0 Å². The smallest absolute Gasteiger partial charge is 0.217 e. The highest BCUT2D eigenvalue weighted by Gasteiger charge is 2.50. The summed E-state index contributed by atoms with van der Waals surface area (Å²) in [5, 5.41) is 61.4. The summed E-state index contributed by atoms with van der Waals surface area (Å²) in [7, 11) is 0. The van der Waals surface area contributed by atoms with E-state index in [1.165, 1.54) is 6.92 Å². The first-order valence-electron chi connectivity index (χ1n) is 8.38. The Kier molecular flexibility index (Phi) is 7.30. The van der Waals surface area contributed by atoms with Crippen LogP contribution >= 0.6 is 0 Å². The average Bonchev–Trinajstić information content (AvgIpc) is 2.60. The van der Waals surface area contributed by atoms with E-state index in [1.54, 1.807) is 6.92 Å². The van der Waals surface area contributed by atoms with E-state index in [1.807, 2.05) is 0 Å². The molecule has 152 valence electrons. The van der Waals surface area contributed by atoms with Gasteiger partial charge in [-0.3, -0.25) is 4.79 Å². The summed E-state index contributed by atoms with van der Waals surface area (Å²) < 4.78 is 16.4. The van der Waals surface area contributed by atoms with Gasteiger partial charge in [-0.2, -0.15) is 0 Å². The van der Waals surface area contributed by atoms with Crippen molar-refractivity contribution in [3.05, 3.63) is 0 Å². The van der Waals surface area contributed by atoms with Gasteiger partial charge in [0.1, 0.15) is 42.7 Å². The zero-order valence-corrected chi connectivity index (χ0v) is 14.5. The van der Waals surface area contributed by atoms with Crippen LogP contribution in [0.15, 0.2) is 0 Å². The Morgan fingerprint density at radius 3 is 2.08 bits per heavy atom. The molecule has 2 heterocycles. The summed E-state index contributed by atoms with van der Waals surface area (Å²) in [5.41, 5.74) is 0. The molecule has 0 radical (unpaired) electrons. The number of amides is 1. The number of ether oxygens (including phenoxy) is 3. The lowest BCUT2D eigenvalue weighted by Crippen LogP contribution is -2.67. The van der Waals surface area contributed by atoms with Crippen LogP contribution in [0.3, 0.4) is 0 Å². The van der Waals surface area contributed by atoms with Gasteiger partial charge in [0, 0.05) is 6.92 Å². The molecule has 0 aromatic heterocycles. The maximum Gasteiger partial charge on any atom is 0.217 e. The van der Waals surface area contributed by atoms with Crippen LogP contribution < -0.4 is 5.32 Å². The van der Waals surface area contributed by atoms with Crippen molar-refractivity contribution in [3.8, 4) is 0 Å². The lowest BCUT2D eigenvalue weighted by molar-refractivity contribution is -0.331. The van der Waals surface area contributed by atoms with Crippen LogP contribution in [0, 0.1) is 0 Å². The van der Waals surface area contributed by atoms with E-state index in [9.17, 15) is 35.4 Å². The van der Waals surface area contributed by atoms with Crippen molar-refractivity contribution >= 4 is 5.91 Å². The van der Waals surface area contributed by atoms with Crippen LogP contribution in [0.4, 0.5) is 0 Å².